The van der Waals surface area contributed by atoms with Crippen LogP contribution in [0.15, 0.2) is 16.9 Å². The van der Waals surface area contributed by atoms with E-state index in [1.165, 1.54) is 18.9 Å². The number of fused-ring (bicyclic) bond motifs is 1. The van der Waals surface area contributed by atoms with E-state index in [1.807, 2.05) is 17.8 Å². The molecule has 7 heteroatoms. The fraction of sp³-hybridized carbons (Fsp3) is 0.579. The van der Waals surface area contributed by atoms with Crippen molar-refractivity contribution in [1.29, 1.82) is 0 Å². The van der Waals surface area contributed by atoms with Crippen molar-refractivity contribution in [3.05, 3.63) is 34.1 Å². The van der Waals surface area contributed by atoms with Crippen LogP contribution in [0.1, 0.15) is 44.3 Å². The molecule has 2 aromatic rings. The first-order valence-electron chi connectivity index (χ1n) is 9.50. The van der Waals surface area contributed by atoms with Gasteiger partial charge in [-0.3, -0.25) is 4.79 Å². The number of nitrogens with zero attached hydrogens (tertiary/aromatic N) is 1. The maximum absolute atomic E-state index is 14.5. The van der Waals surface area contributed by atoms with Crippen LogP contribution in [-0.4, -0.2) is 34.3 Å². The van der Waals surface area contributed by atoms with Crippen molar-refractivity contribution in [3.63, 3.8) is 0 Å². The Kier molecular flexibility index (Phi) is 5.45. The predicted octanol–water partition coefficient (Wildman–Crippen LogP) is 3.40. The van der Waals surface area contributed by atoms with Crippen LogP contribution in [0, 0.1) is 5.82 Å². The Balaban J connectivity index is 1.55. The van der Waals surface area contributed by atoms with E-state index in [9.17, 15) is 9.18 Å². The zero-order chi connectivity index (χ0) is 17.9. The number of aromatic amines is 1. The maximum Gasteiger partial charge on any atom is 0.261 e. The highest BCUT2D eigenvalue weighted by atomic mass is 32.2. The Morgan fingerprint density at radius 1 is 1.19 bits per heavy atom. The Hall–Kier alpha value is -1.60. The van der Waals surface area contributed by atoms with Crippen molar-refractivity contribution in [1.82, 2.24) is 15.3 Å². The highest BCUT2D eigenvalue weighted by Crippen LogP contribution is 2.26. The molecule has 0 radical (unpaired) electrons. The molecule has 0 spiro atoms. The standard InChI is InChI=1S/C19H25FN4OS/c20-15-9-13(22-12-3-1-2-4-12)10-16-18(15)19(25)24-17(23-16)11-26-14-5-7-21-8-6-14/h9-10,12,14,21-22H,1-8,11H2,(H,23,24,25). The van der Waals surface area contributed by atoms with E-state index < -0.39 is 5.82 Å². The molecule has 1 saturated carbocycles. The van der Waals surface area contributed by atoms with Gasteiger partial charge < -0.3 is 15.6 Å². The number of hydrogen-bond donors (Lipinski definition) is 3. The van der Waals surface area contributed by atoms with Crippen LogP contribution in [0.2, 0.25) is 0 Å². The fourth-order valence-corrected chi connectivity index (χ4v) is 4.99. The van der Waals surface area contributed by atoms with Gasteiger partial charge in [0.15, 0.2) is 0 Å². The summed E-state index contributed by atoms with van der Waals surface area (Å²) in [5.41, 5.74) is 0.771. The van der Waals surface area contributed by atoms with E-state index in [0.29, 0.717) is 28.4 Å². The zero-order valence-electron chi connectivity index (χ0n) is 14.8. The summed E-state index contributed by atoms with van der Waals surface area (Å²) < 4.78 is 14.5. The van der Waals surface area contributed by atoms with Crippen molar-refractivity contribution in [2.45, 2.75) is 55.6 Å². The molecular formula is C19H25FN4OS. The van der Waals surface area contributed by atoms with E-state index in [4.69, 9.17) is 0 Å². The first kappa shape index (κ1) is 17.8. The number of thioether (sulfide) groups is 1. The summed E-state index contributed by atoms with van der Waals surface area (Å²) in [6.45, 7) is 2.08. The summed E-state index contributed by atoms with van der Waals surface area (Å²) in [6, 6.07) is 3.62. The van der Waals surface area contributed by atoms with Crippen LogP contribution in [-0.2, 0) is 5.75 Å². The highest BCUT2D eigenvalue weighted by Gasteiger charge is 2.18. The molecule has 2 aliphatic rings. The van der Waals surface area contributed by atoms with Gasteiger partial charge in [-0.05, 0) is 50.9 Å². The first-order chi connectivity index (χ1) is 12.7. The smallest absolute Gasteiger partial charge is 0.261 e. The lowest BCUT2D eigenvalue weighted by atomic mass is 10.2. The highest BCUT2D eigenvalue weighted by molar-refractivity contribution is 7.99. The SMILES string of the molecule is O=c1[nH]c(CSC2CCNCC2)nc2cc(NC3CCCC3)cc(F)c12. The molecular weight excluding hydrogens is 351 g/mol. The monoisotopic (exact) mass is 376 g/mol. The second kappa shape index (κ2) is 7.96. The van der Waals surface area contributed by atoms with E-state index >= 15 is 0 Å². The molecule has 2 heterocycles. The van der Waals surface area contributed by atoms with Crippen LogP contribution in [0.25, 0.3) is 10.9 Å². The lowest BCUT2D eigenvalue weighted by molar-refractivity contribution is 0.531. The van der Waals surface area contributed by atoms with Gasteiger partial charge >= 0.3 is 0 Å². The molecule has 1 aromatic carbocycles. The molecule has 26 heavy (non-hydrogen) atoms. The second-order valence-corrected chi connectivity index (χ2v) is 8.54. The molecule has 2 fully saturated rings. The number of nitrogens with one attached hydrogen (secondary N) is 3. The first-order valence-corrected chi connectivity index (χ1v) is 10.6. The van der Waals surface area contributed by atoms with Gasteiger partial charge in [-0.15, -0.1) is 0 Å². The van der Waals surface area contributed by atoms with Crippen LogP contribution in [0.4, 0.5) is 10.1 Å². The maximum atomic E-state index is 14.5. The number of anilines is 1. The van der Waals surface area contributed by atoms with Gasteiger partial charge in [0.05, 0.1) is 11.3 Å². The molecule has 1 aliphatic heterocycles. The Morgan fingerprint density at radius 2 is 1.96 bits per heavy atom. The minimum atomic E-state index is -0.505. The summed E-state index contributed by atoms with van der Waals surface area (Å²) in [5, 5.41) is 7.39. The number of benzene rings is 1. The average molecular weight is 377 g/mol. The number of aromatic nitrogens is 2. The van der Waals surface area contributed by atoms with E-state index in [-0.39, 0.29) is 10.9 Å². The molecule has 3 N–H and O–H groups in total. The lowest BCUT2D eigenvalue weighted by Gasteiger charge is -2.21. The van der Waals surface area contributed by atoms with Gasteiger partial charge in [0.1, 0.15) is 17.0 Å². The fourth-order valence-electron chi connectivity index (χ4n) is 3.89. The Morgan fingerprint density at radius 3 is 2.73 bits per heavy atom. The van der Waals surface area contributed by atoms with Crippen molar-refractivity contribution < 1.29 is 4.39 Å². The quantitative estimate of drug-likeness (QED) is 0.746. The van der Waals surface area contributed by atoms with Crippen LogP contribution < -0.4 is 16.2 Å². The molecule has 0 bridgehead atoms. The molecule has 1 aliphatic carbocycles. The van der Waals surface area contributed by atoms with Crippen molar-refractivity contribution in [2.24, 2.45) is 0 Å². The average Bonchev–Trinajstić information content (AvgIpc) is 3.13. The van der Waals surface area contributed by atoms with Gasteiger partial charge in [0.25, 0.3) is 5.56 Å². The topological polar surface area (TPSA) is 69.8 Å². The minimum absolute atomic E-state index is 0.0533. The summed E-state index contributed by atoms with van der Waals surface area (Å²) in [6.07, 6.45) is 6.91. The largest absolute Gasteiger partial charge is 0.382 e. The van der Waals surface area contributed by atoms with Gasteiger partial charge in [0.2, 0.25) is 0 Å². The van der Waals surface area contributed by atoms with Crippen LogP contribution >= 0.6 is 11.8 Å². The summed E-state index contributed by atoms with van der Waals surface area (Å²) in [5.74, 6) is 0.773. The Labute approximate surface area is 156 Å². The molecule has 140 valence electrons. The van der Waals surface area contributed by atoms with Gasteiger partial charge in [-0.1, -0.05) is 12.8 Å². The summed E-state index contributed by atoms with van der Waals surface area (Å²) in [4.78, 5) is 19.7. The minimum Gasteiger partial charge on any atom is -0.382 e. The normalized spacial score (nSPS) is 19.3. The molecule has 5 nitrogen and oxygen atoms in total. The molecule has 0 unspecified atom stereocenters. The molecule has 0 amide bonds. The number of hydrogen-bond acceptors (Lipinski definition) is 5. The molecule has 1 aromatic heterocycles. The van der Waals surface area contributed by atoms with E-state index in [0.717, 1.165) is 44.5 Å². The third kappa shape index (κ3) is 4.04. The predicted molar refractivity (Wildman–Crippen MR) is 105 cm³/mol. The number of H-pyrrole nitrogens is 1. The number of rotatable bonds is 5. The van der Waals surface area contributed by atoms with E-state index in [2.05, 4.69) is 20.6 Å². The van der Waals surface area contributed by atoms with Crippen molar-refractivity contribution in [2.75, 3.05) is 18.4 Å². The number of piperidine rings is 1. The molecule has 0 atom stereocenters. The summed E-state index contributed by atoms with van der Waals surface area (Å²) >= 11 is 1.82. The third-order valence-corrected chi connectivity index (χ3v) is 6.66. The third-order valence-electron chi connectivity index (χ3n) is 5.28. The van der Waals surface area contributed by atoms with E-state index in [1.54, 1.807) is 0 Å². The second-order valence-electron chi connectivity index (χ2n) is 7.25. The lowest BCUT2D eigenvalue weighted by Crippen LogP contribution is -2.29. The number of halogens is 1. The van der Waals surface area contributed by atoms with Gasteiger partial charge in [0, 0.05) is 17.0 Å². The molecule has 4 rings (SSSR count). The van der Waals surface area contributed by atoms with Crippen molar-refractivity contribution in [3.8, 4) is 0 Å². The van der Waals surface area contributed by atoms with Crippen molar-refractivity contribution >= 4 is 28.4 Å². The zero-order valence-corrected chi connectivity index (χ0v) is 15.6. The van der Waals surface area contributed by atoms with Gasteiger partial charge in [-0.25, -0.2) is 9.37 Å². The van der Waals surface area contributed by atoms with Crippen LogP contribution in [0.5, 0.6) is 0 Å². The van der Waals surface area contributed by atoms with Crippen LogP contribution in [0.3, 0.4) is 0 Å². The van der Waals surface area contributed by atoms with Gasteiger partial charge in [-0.2, -0.15) is 11.8 Å². The summed E-state index contributed by atoms with van der Waals surface area (Å²) in [7, 11) is 0. The Bertz CT molecular complexity index is 828. The molecule has 1 saturated heterocycles.